The van der Waals surface area contributed by atoms with E-state index in [1.165, 1.54) is 12.1 Å². The fourth-order valence-electron chi connectivity index (χ4n) is 3.21. The molecular formula is C19H24N4O3S. The first-order valence-corrected chi connectivity index (χ1v) is 10.5. The number of pyridine rings is 1. The molecular weight excluding hydrogens is 364 g/mol. The van der Waals surface area contributed by atoms with E-state index in [2.05, 4.69) is 15.6 Å². The Labute approximate surface area is 159 Å². The number of amides is 1. The lowest BCUT2D eigenvalue weighted by Crippen LogP contribution is -2.26. The smallest absolute Gasteiger partial charge is 0.252 e. The van der Waals surface area contributed by atoms with Crippen LogP contribution in [0, 0.1) is 5.92 Å². The average Bonchev–Trinajstić information content (AvgIpc) is 3.14. The number of hydrogen-bond donors (Lipinski definition) is 3. The monoisotopic (exact) mass is 388 g/mol. The summed E-state index contributed by atoms with van der Waals surface area (Å²) in [4.78, 5) is 16.6. The predicted molar refractivity (Wildman–Crippen MR) is 103 cm³/mol. The summed E-state index contributed by atoms with van der Waals surface area (Å²) >= 11 is 0. The maximum atomic E-state index is 12.4. The molecule has 8 heteroatoms. The van der Waals surface area contributed by atoms with Gasteiger partial charge >= 0.3 is 0 Å². The van der Waals surface area contributed by atoms with Gasteiger partial charge in [0, 0.05) is 18.9 Å². The van der Waals surface area contributed by atoms with E-state index in [0.29, 0.717) is 24.4 Å². The van der Waals surface area contributed by atoms with E-state index < -0.39 is 10.0 Å². The van der Waals surface area contributed by atoms with E-state index in [-0.39, 0.29) is 10.8 Å². The molecule has 2 heterocycles. The van der Waals surface area contributed by atoms with Gasteiger partial charge in [0.05, 0.1) is 10.5 Å². The maximum Gasteiger partial charge on any atom is 0.252 e. The van der Waals surface area contributed by atoms with Gasteiger partial charge in [-0.3, -0.25) is 9.78 Å². The van der Waals surface area contributed by atoms with Crippen LogP contribution < -0.4 is 15.8 Å². The first-order valence-electron chi connectivity index (χ1n) is 8.96. The normalized spacial score (nSPS) is 17.0. The lowest BCUT2D eigenvalue weighted by molar-refractivity contribution is 0.0953. The molecule has 4 N–H and O–H groups in total. The minimum absolute atomic E-state index is 0.0793. The number of nitrogens with zero attached hydrogens (tertiary/aromatic N) is 1. The minimum atomic E-state index is -3.68. The van der Waals surface area contributed by atoms with Crippen LogP contribution in [0.25, 0.3) is 0 Å². The molecule has 27 heavy (non-hydrogen) atoms. The quantitative estimate of drug-likeness (QED) is 0.651. The van der Waals surface area contributed by atoms with Gasteiger partial charge in [-0.1, -0.05) is 12.1 Å². The van der Waals surface area contributed by atoms with Gasteiger partial charge in [0.15, 0.2) is 0 Å². The van der Waals surface area contributed by atoms with Gasteiger partial charge in [-0.25, -0.2) is 13.6 Å². The van der Waals surface area contributed by atoms with Gasteiger partial charge in [-0.2, -0.15) is 0 Å². The third kappa shape index (κ3) is 5.59. The Kier molecular flexibility index (Phi) is 6.20. The number of aromatic nitrogens is 1. The van der Waals surface area contributed by atoms with E-state index in [0.717, 1.165) is 37.1 Å². The Morgan fingerprint density at radius 2 is 2.00 bits per heavy atom. The van der Waals surface area contributed by atoms with Crippen molar-refractivity contribution in [3.8, 4) is 0 Å². The fraction of sp³-hybridized carbons (Fsp3) is 0.368. The van der Waals surface area contributed by atoms with Crippen LogP contribution in [-0.2, 0) is 22.9 Å². The molecule has 1 aliphatic heterocycles. The van der Waals surface area contributed by atoms with Gasteiger partial charge in [0.1, 0.15) is 0 Å². The van der Waals surface area contributed by atoms with Crippen molar-refractivity contribution < 1.29 is 13.2 Å². The molecule has 1 saturated heterocycles. The average molecular weight is 388 g/mol. The SMILES string of the molecule is NS(=O)(=O)c1ccc(CCNC(=O)c2cncc(CC3CCNC3)c2)cc1. The first-order chi connectivity index (χ1) is 12.9. The molecule has 2 aromatic rings. The number of sulfonamides is 1. The lowest BCUT2D eigenvalue weighted by atomic mass is 9.99. The van der Waals surface area contributed by atoms with Crippen molar-refractivity contribution in [2.24, 2.45) is 11.1 Å². The second-order valence-electron chi connectivity index (χ2n) is 6.84. The summed E-state index contributed by atoms with van der Waals surface area (Å²) in [5.41, 5.74) is 2.56. The number of primary sulfonamides is 1. The van der Waals surface area contributed by atoms with Crippen LogP contribution in [0.4, 0.5) is 0 Å². The number of rotatable bonds is 7. The minimum Gasteiger partial charge on any atom is -0.352 e. The number of hydrogen-bond acceptors (Lipinski definition) is 5. The van der Waals surface area contributed by atoms with E-state index >= 15 is 0 Å². The van der Waals surface area contributed by atoms with Crippen molar-refractivity contribution >= 4 is 15.9 Å². The molecule has 1 atom stereocenters. The fourth-order valence-corrected chi connectivity index (χ4v) is 3.73. The summed E-state index contributed by atoms with van der Waals surface area (Å²) < 4.78 is 22.5. The van der Waals surface area contributed by atoms with Crippen LogP contribution in [0.3, 0.4) is 0 Å². The van der Waals surface area contributed by atoms with Crippen LogP contribution >= 0.6 is 0 Å². The van der Waals surface area contributed by atoms with Crippen LogP contribution in [0.1, 0.15) is 27.9 Å². The molecule has 1 unspecified atom stereocenters. The first kappa shape index (κ1) is 19.5. The van der Waals surface area contributed by atoms with Crippen molar-refractivity contribution in [3.63, 3.8) is 0 Å². The molecule has 3 rings (SSSR count). The topological polar surface area (TPSA) is 114 Å². The number of carbonyl (C=O) groups excluding carboxylic acids is 1. The number of nitrogens with one attached hydrogen (secondary N) is 2. The molecule has 0 saturated carbocycles. The maximum absolute atomic E-state index is 12.4. The Morgan fingerprint density at radius 3 is 2.67 bits per heavy atom. The Morgan fingerprint density at radius 1 is 1.22 bits per heavy atom. The zero-order valence-electron chi connectivity index (χ0n) is 15.0. The van der Waals surface area contributed by atoms with Gasteiger partial charge in [0.25, 0.3) is 5.91 Å². The van der Waals surface area contributed by atoms with E-state index in [9.17, 15) is 13.2 Å². The lowest BCUT2D eigenvalue weighted by Gasteiger charge is -2.10. The van der Waals surface area contributed by atoms with Crippen molar-refractivity contribution in [2.75, 3.05) is 19.6 Å². The Bertz CT molecular complexity index is 891. The molecule has 144 valence electrons. The van der Waals surface area contributed by atoms with Crippen molar-refractivity contribution in [3.05, 3.63) is 59.4 Å². The van der Waals surface area contributed by atoms with Gasteiger partial charge in [0.2, 0.25) is 10.0 Å². The van der Waals surface area contributed by atoms with Crippen molar-refractivity contribution in [1.29, 1.82) is 0 Å². The molecule has 0 aliphatic carbocycles. The van der Waals surface area contributed by atoms with Crippen LogP contribution in [0.15, 0.2) is 47.6 Å². The molecule has 0 spiro atoms. The molecule has 1 aliphatic rings. The molecule has 1 fully saturated rings. The zero-order valence-corrected chi connectivity index (χ0v) is 15.8. The number of nitrogens with two attached hydrogens (primary N) is 1. The summed E-state index contributed by atoms with van der Waals surface area (Å²) in [6.07, 6.45) is 6.07. The van der Waals surface area contributed by atoms with Gasteiger partial charge in [-0.05, 0) is 67.6 Å². The van der Waals surface area contributed by atoms with E-state index in [4.69, 9.17) is 5.14 Å². The van der Waals surface area contributed by atoms with Gasteiger partial charge < -0.3 is 10.6 Å². The Balaban J connectivity index is 1.51. The highest BCUT2D eigenvalue weighted by atomic mass is 32.2. The standard InChI is InChI=1S/C19H24N4O3S/c20-27(25,26)18-3-1-14(2-4-18)6-8-23-19(24)17-10-16(12-22-13-17)9-15-5-7-21-11-15/h1-4,10,12-13,15,21H,5-9,11H2,(H,23,24)(H2,20,25,26). The summed E-state index contributed by atoms with van der Waals surface area (Å²) in [6.45, 7) is 2.52. The largest absolute Gasteiger partial charge is 0.352 e. The summed E-state index contributed by atoms with van der Waals surface area (Å²) in [7, 11) is -3.68. The zero-order chi connectivity index (χ0) is 19.3. The second-order valence-corrected chi connectivity index (χ2v) is 8.40. The summed E-state index contributed by atoms with van der Waals surface area (Å²) in [5.74, 6) is 0.445. The van der Waals surface area contributed by atoms with Crippen LogP contribution in [0.5, 0.6) is 0 Å². The van der Waals surface area contributed by atoms with Crippen LogP contribution in [-0.4, -0.2) is 38.9 Å². The van der Waals surface area contributed by atoms with Crippen molar-refractivity contribution in [2.45, 2.75) is 24.2 Å². The van der Waals surface area contributed by atoms with Crippen LogP contribution in [0.2, 0.25) is 0 Å². The third-order valence-electron chi connectivity index (χ3n) is 4.69. The van der Waals surface area contributed by atoms with E-state index in [1.807, 2.05) is 12.3 Å². The predicted octanol–water partition coefficient (Wildman–Crippen LogP) is 0.853. The number of carbonyl (C=O) groups is 1. The Hall–Kier alpha value is -2.29. The molecule has 1 aromatic heterocycles. The molecule has 7 nitrogen and oxygen atoms in total. The third-order valence-corrected chi connectivity index (χ3v) is 5.62. The van der Waals surface area contributed by atoms with Crippen molar-refractivity contribution in [1.82, 2.24) is 15.6 Å². The van der Waals surface area contributed by atoms with Gasteiger partial charge in [-0.15, -0.1) is 0 Å². The molecule has 0 radical (unpaired) electrons. The molecule has 1 aromatic carbocycles. The molecule has 0 bridgehead atoms. The molecule has 1 amide bonds. The highest BCUT2D eigenvalue weighted by molar-refractivity contribution is 7.89. The number of benzene rings is 1. The highest BCUT2D eigenvalue weighted by Gasteiger charge is 2.16. The summed E-state index contributed by atoms with van der Waals surface area (Å²) in [5, 5.41) is 11.3. The second kappa shape index (κ2) is 8.60. The van der Waals surface area contributed by atoms with E-state index in [1.54, 1.807) is 18.3 Å². The highest BCUT2D eigenvalue weighted by Crippen LogP contribution is 2.15. The summed E-state index contributed by atoms with van der Waals surface area (Å²) in [6, 6.07) is 8.24.